The Bertz CT molecular complexity index is 405. The molecule has 1 aromatic carbocycles. The maximum Gasteiger partial charge on any atom is 0.251 e. The van der Waals surface area contributed by atoms with Gasteiger partial charge in [-0.25, -0.2) is 0 Å². The highest BCUT2D eigenvalue weighted by Crippen LogP contribution is 2.16. The molecule has 0 aliphatic rings. The maximum atomic E-state index is 11.9. The van der Waals surface area contributed by atoms with Crippen LogP contribution in [0.1, 0.15) is 36.7 Å². The Hall–Kier alpha value is -1.51. The van der Waals surface area contributed by atoms with Gasteiger partial charge in [0.15, 0.2) is 0 Å². The van der Waals surface area contributed by atoms with Gasteiger partial charge in [-0.15, -0.1) is 0 Å². The molecule has 1 amide bonds. The minimum atomic E-state index is -0.00863. The van der Waals surface area contributed by atoms with Gasteiger partial charge in [-0.05, 0) is 36.1 Å². The number of benzene rings is 1. The molecule has 1 rings (SSSR count). The second-order valence-electron chi connectivity index (χ2n) is 5.52. The molecular weight excluding hydrogens is 212 g/mol. The van der Waals surface area contributed by atoms with E-state index in [0.29, 0.717) is 12.1 Å². The van der Waals surface area contributed by atoms with Crippen LogP contribution in [0.5, 0.6) is 0 Å². The van der Waals surface area contributed by atoms with Gasteiger partial charge >= 0.3 is 0 Å². The molecule has 0 unspecified atom stereocenters. The third-order valence-electron chi connectivity index (χ3n) is 2.54. The summed E-state index contributed by atoms with van der Waals surface area (Å²) in [5, 5.41) is 6.03. The molecule has 0 saturated carbocycles. The number of carbonyl (C=O) groups is 1. The molecule has 3 nitrogen and oxygen atoms in total. The number of hydrogen-bond donors (Lipinski definition) is 2. The lowest BCUT2D eigenvalue weighted by molar-refractivity contribution is 0.0939. The van der Waals surface area contributed by atoms with Crippen molar-refractivity contribution in [2.24, 2.45) is 5.41 Å². The van der Waals surface area contributed by atoms with E-state index < -0.39 is 0 Å². The van der Waals surface area contributed by atoms with Crippen molar-refractivity contribution >= 4 is 11.6 Å². The van der Waals surface area contributed by atoms with E-state index in [2.05, 4.69) is 31.4 Å². The highest BCUT2D eigenvalue weighted by molar-refractivity contribution is 5.94. The smallest absolute Gasteiger partial charge is 0.251 e. The average Bonchev–Trinajstić information content (AvgIpc) is 2.24. The van der Waals surface area contributed by atoms with Gasteiger partial charge in [-0.1, -0.05) is 20.8 Å². The van der Waals surface area contributed by atoms with Gasteiger partial charge in [0, 0.05) is 24.8 Å². The fourth-order valence-corrected chi connectivity index (χ4v) is 1.53. The maximum absolute atomic E-state index is 11.9. The molecule has 0 aliphatic heterocycles. The van der Waals surface area contributed by atoms with Crippen molar-refractivity contribution in [3.63, 3.8) is 0 Å². The average molecular weight is 234 g/mol. The topological polar surface area (TPSA) is 41.1 Å². The van der Waals surface area contributed by atoms with Crippen LogP contribution in [0, 0.1) is 12.3 Å². The van der Waals surface area contributed by atoms with E-state index in [-0.39, 0.29) is 11.3 Å². The van der Waals surface area contributed by atoms with E-state index in [1.807, 2.05) is 32.2 Å². The lowest BCUT2D eigenvalue weighted by Crippen LogP contribution is -2.32. The van der Waals surface area contributed by atoms with E-state index in [4.69, 9.17) is 0 Å². The number of amides is 1. The van der Waals surface area contributed by atoms with Crippen molar-refractivity contribution in [3.05, 3.63) is 29.3 Å². The summed E-state index contributed by atoms with van der Waals surface area (Å²) >= 11 is 0. The zero-order valence-electron chi connectivity index (χ0n) is 11.3. The summed E-state index contributed by atoms with van der Waals surface area (Å²) in [4.78, 5) is 11.9. The third-order valence-corrected chi connectivity index (χ3v) is 2.54. The van der Waals surface area contributed by atoms with Crippen LogP contribution in [0.4, 0.5) is 5.69 Å². The molecule has 0 fully saturated rings. The first-order chi connectivity index (χ1) is 7.83. The molecule has 0 saturated heterocycles. The summed E-state index contributed by atoms with van der Waals surface area (Å²) in [5.74, 6) is -0.00863. The van der Waals surface area contributed by atoms with Gasteiger partial charge in [-0.2, -0.15) is 0 Å². The lowest BCUT2D eigenvalue weighted by Gasteiger charge is -2.19. The molecule has 2 N–H and O–H groups in total. The summed E-state index contributed by atoms with van der Waals surface area (Å²) < 4.78 is 0. The molecule has 1 aromatic rings. The van der Waals surface area contributed by atoms with E-state index in [1.165, 1.54) is 0 Å². The van der Waals surface area contributed by atoms with Crippen LogP contribution in [0.3, 0.4) is 0 Å². The monoisotopic (exact) mass is 234 g/mol. The number of hydrogen-bond acceptors (Lipinski definition) is 2. The van der Waals surface area contributed by atoms with E-state index in [1.54, 1.807) is 0 Å². The van der Waals surface area contributed by atoms with Crippen molar-refractivity contribution in [1.82, 2.24) is 5.32 Å². The van der Waals surface area contributed by atoms with Crippen molar-refractivity contribution in [3.8, 4) is 0 Å². The Morgan fingerprint density at radius 3 is 2.41 bits per heavy atom. The fourth-order valence-electron chi connectivity index (χ4n) is 1.53. The van der Waals surface area contributed by atoms with Crippen molar-refractivity contribution < 1.29 is 4.79 Å². The number of carbonyl (C=O) groups excluding carboxylic acids is 1. The summed E-state index contributed by atoms with van der Waals surface area (Å²) in [7, 11) is 1.88. The van der Waals surface area contributed by atoms with Gasteiger partial charge in [0.1, 0.15) is 0 Å². The number of aryl methyl sites for hydroxylation is 1. The Balaban J connectivity index is 2.73. The SMILES string of the molecule is CNc1ccc(C(=O)NCC(C)(C)C)cc1C. The first-order valence-electron chi connectivity index (χ1n) is 5.90. The van der Waals surface area contributed by atoms with Crippen LogP contribution in [-0.2, 0) is 0 Å². The summed E-state index contributed by atoms with van der Waals surface area (Å²) in [5.41, 5.74) is 2.95. The highest BCUT2D eigenvalue weighted by Gasteiger charge is 2.13. The lowest BCUT2D eigenvalue weighted by atomic mass is 9.97. The standard InChI is InChI=1S/C14H22N2O/c1-10-8-11(6-7-12(10)15-5)13(17)16-9-14(2,3)4/h6-8,15H,9H2,1-5H3,(H,16,17). The first-order valence-corrected chi connectivity index (χ1v) is 5.90. The minimum Gasteiger partial charge on any atom is -0.388 e. The summed E-state index contributed by atoms with van der Waals surface area (Å²) in [6, 6.07) is 5.68. The van der Waals surface area contributed by atoms with E-state index in [9.17, 15) is 4.79 Å². The summed E-state index contributed by atoms with van der Waals surface area (Å²) in [6.07, 6.45) is 0. The van der Waals surface area contributed by atoms with Crippen molar-refractivity contribution in [2.75, 3.05) is 18.9 Å². The van der Waals surface area contributed by atoms with Crippen molar-refractivity contribution in [2.45, 2.75) is 27.7 Å². The van der Waals surface area contributed by atoms with Crippen LogP contribution < -0.4 is 10.6 Å². The minimum absolute atomic E-state index is 0.00863. The molecule has 17 heavy (non-hydrogen) atoms. The normalized spacial score (nSPS) is 11.1. The molecule has 0 radical (unpaired) electrons. The van der Waals surface area contributed by atoms with Crippen LogP contribution in [0.15, 0.2) is 18.2 Å². The molecule has 0 heterocycles. The largest absolute Gasteiger partial charge is 0.388 e. The molecule has 0 spiro atoms. The van der Waals surface area contributed by atoms with Crippen LogP contribution in [0.2, 0.25) is 0 Å². The van der Waals surface area contributed by atoms with Gasteiger partial charge in [0.2, 0.25) is 0 Å². The number of nitrogens with one attached hydrogen (secondary N) is 2. The molecule has 0 atom stereocenters. The molecule has 0 aliphatic carbocycles. The van der Waals surface area contributed by atoms with Crippen molar-refractivity contribution in [1.29, 1.82) is 0 Å². The van der Waals surface area contributed by atoms with Gasteiger partial charge in [0.05, 0.1) is 0 Å². The van der Waals surface area contributed by atoms with Crippen LogP contribution >= 0.6 is 0 Å². The predicted octanol–water partition coefficient (Wildman–Crippen LogP) is 2.81. The van der Waals surface area contributed by atoms with Gasteiger partial charge in [0.25, 0.3) is 5.91 Å². The Morgan fingerprint density at radius 1 is 1.29 bits per heavy atom. The zero-order chi connectivity index (χ0) is 13.1. The molecule has 94 valence electrons. The van der Waals surface area contributed by atoms with Gasteiger partial charge < -0.3 is 10.6 Å². The third kappa shape index (κ3) is 4.10. The molecule has 0 aromatic heterocycles. The Morgan fingerprint density at radius 2 is 1.94 bits per heavy atom. The van der Waals surface area contributed by atoms with Crippen LogP contribution in [0.25, 0.3) is 0 Å². The summed E-state index contributed by atoms with van der Waals surface area (Å²) in [6.45, 7) is 8.97. The Labute approximate surface area is 104 Å². The quantitative estimate of drug-likeness (QED) is 0.844. The van der Waals surface area contributed by atoms with Gasteiger partial charge in [-0.3, -0.25) is 4.79 Å². The fraction of sp³-hybridized carbons (Fsp3) is 0.500. The molecular formula is C14H22N2O. The predicted molar refractivity (Wildman–Crippen MR) is 72.5 cm³/mol. The highest BCUT2D eigenvalue weighted by atomic mass is 16.1. The second kappa shape index (κ2) is 5.21. The van der Waals surface area contributed by atoms with E-state index in [0.717, 1.165) is 11.3 Å². The first kappa shape index (κ1) is 13.6. The number of rotatable bonds is 3. The Kier molecular flexibility index (Phi) is 4.16. The second-order valence-corrected chi connectivity index (χ2v) is 5.52. The molecule has 0 bridgehead atoms. The number of anilines is 1. The zero-order valence-corrected chi connectivity index (χ0v) is 11.3. The van der Waals surface area contributed by atoms with E-state index >= 15 is 0 Å². The molecule has 3 heteroatoms. The van der Waals surface area contributed by atoms with Crippen LogP contribution in [-0.4, -0.2) is 19.5 Å².